The number of aliphatic hydroxyl groups is 1. The van der Waals surface area contributed by atoms with Gasteiger partial charge in [0.2, 0.25) is 5.91 Å². The summed E-state index contributed by atoms with van der Waals surface area (Å²) in [4.78, 5) is 34.9. The highest BCUT2D eigenvalue weighted by Crippen LogP contribution is 2.18. The molecule has 2 aliphatic rings. The van der Waals surface area contributed by atoms with Crippen molar-refractivity contribution in [1.29, 1.82) is 0 Å². The summed E-state index contributed by atoms with van der Waals surface area (Å²) in [5.74, 6) is -1.28. The number of urea groups is 1. The Morgan fingerprint density at radius 1 is 1.44 bits per heavy atom. The van der Waals surface area contributed by atoms with Crippen LogP contribution >= 0.6 is 0 Å². The van der Waals surface area contributed by atoms with Crippen LogP contribution in [-0.2, 0) is 9.59 Å². The first-order valence-electron chi connectivity index (χ1n) is 5.72. The van der Waals surface area contributed by atoms with E-state index in [9.17, 15) is 19.5 Å². The number of carboxylic acids is 1. The quantitative estimate of drug-likeness (QED) is 0.461. The van der Waals surface area contributed by atoms with Crippen LogP contribution in [-0.4, -0.2) is 64.3 Å². The number of nitrogens with zero attached hydrogens (tertiary/aromatic N) is 1. The van der Waals surface area contributed by atoms with Crippen LogP contribution in [0.2, 0.25) is 0 Å². The minimum Gasteiger partial charge on any atom is -0.480 e. The monoisotopic (exact) mass is 257 g/mol. The maximum atomic E-state index is 11.9. The van der Waals surface area contributed by atoms with E-state index < -0.39 is 24.1 Å². The van der Waals surface area contributed by atoms with Crippen molar-refractivity contribution in [3.05, 3.63) is 0 Å². The predicted octanol–water partition coefficient (Wildman–Crippen LogP) is -1.90. The third-order valence-corrected chi connectivity index (χ3v) is 3.13. The van der Waals surface area contributed by atoms with Crippen molar-refractivity contribution >= 4 is 17.9 Å². The van der Waals surface area contributed by atoms with Crippen molar-refractivity contribution in [3.8, 4) is 0 Å². The SMILES string of the molecule is O=C1CC(NC(=O)N2C[C@H](O)C[C@H]2C(=O)O)CN1. The number of carbonyl (C=O) groups is 3. The summed E-state index contributed by atoms with van der Waals surface area (Å²) in [6.45, 7) is 0.343. The van der Waals surface area contributed by atoms with Crippen LogP contribution < -0.4 is 10.6 Å². The number of carbonyl (C=O) groups excluding carboxylic acids is 2. The normalized spacial score (nSPS) is 31.3. The average Bonchev–Trinajstić information content (AvgIpc) is 2.85. The Labute approximate surface area is 103 Å². The second-order valence-electron chi connectivity index (χ2n) is 4.55. The van der Waals surface area contributed by atoms with Gasteiger partial charge in [-0.25, -0.2) is 9.59 Å². The Balaban J connectivity index is 1.95. The van der Waals surface area contributed by atoms with Crippen LogP contribution in [0, 0.1) is 0 Å². The lowest BCUT2D eigenvalue weighted by Gasteiger charge is -2.23. The van der Waals surface area contributed by atoms with E-state index >= 15 is 0 Å². The van der Waals surface area contributed by atoms with E-state index in [-0.39, 0.29) is 31.3 Å². The highest BCUT2D eigenvalue weighted by atomic mass is 16.4. The van der Waals surface area contributed by atoms with Crippen molar-refractivity contribution in [2.75, 3.05) is 13.1 Å². The first-order valence-corrected chi connectivity index (χ1v) is 5.72. The van der Waals surface area contributed by atoms with E-state index in [1.807, 2.05) is 0 Å². The molecule has 2 fully saturated rings. The zero-order chi connectivity index (χ0) is 13.3. The van der Waals surface area contributed by atoms with Gasteiger partial charge in [0.1, 0.15) is 6.04 Å². The molecule has 8 heteroatoms. The Bertz CT molecular complexity index is 386. The highest BCUT2D eigenvalue weighted by molar-refractivity contribution is 5.85. The minimum atomic E-state index is -1.14. The Morgan fingerprint density at radius 2 is 2.17 bits per heavy atom. The molecule has 18 heavy (non-hydrogen) atoms. The summed E-state index contributed by atoms with van der Waals surface area (Å²) in [7, 11) is 0. The largest absolute Gasteiger partial charge is 0.480 e. The Hall–Kier alpha value is -1.83. The predicted molar refractivity (Wildman–Crippen MR) is 58.7 cm³/mol. The fourth-order valence-corrected chi connectivity index (χ4v) is 2.24. The summed E-state index contributed by atoms with van der Waals surface area (Å²) >= 11 is 0. The van der Waals surface area contributed by atoms with E-state index in [4.69, 9.17) is 5.11 Å². The van der Waals surface area contributed by atoms with Crippen molar-refractivity contribution in [2.24, 2.45) is 0 Å². The highest BCUT2D eigenvalue weighted by Gasteiger charge is 2.39. The fraction of sp³-hybridized carbons (Fsp3) is 0.700. The van der Waals surface area contributed by atoms with Crippen LogP contribution in [0.4, 0.5) is 4.79 Å². The zero-order valence-corrected chi connectivity index (χ0v) is 9.63. The van der Waals surface area contributed by atoms with E-state index in [0.29, 0.717) is 6.54 Å². The number of carboxylic acid groups (broad SMARTS) is 1. The molecule has 0 aromatic heterocycles. The van der Waals surface area contributed by atoms with Gasteiger partial charge in [-0.3, -0.25) is 4.79 Å². The van der Waals surface area contributed by atoms with Gasteiger partial charge in [-0.2, -0.15) is 0 Å². The Morgan fingerprint density at radius 3 is 2.72 bits per heavy atom. The number of hydrogen-bond acceptors (Lipinski definition) is 4. The third-order valence-electron chi connectivity index (χ3n) is 3.13. The lowest BCUT2D eigenvalue weighted by molar-refractivity contribution is -0.141. The topological polar surface area (TPSA) is 119 Å². The number of amides is 3. The lowest BCUT2D eigenvalue weighted by atomic mass is 10.2. The van der Waals surface area contributed by atoms with Crippen LogP contribution in [0.25, 0.3) is 0 Å². The molecule has 3 atom stereocenters. The summed E-state index contributed by atoms with van der Waals surface area (Å²) in [6.07, 6.45) is -0.593. The van der Waals surface area contributed by atoms with Crippen molar-refractivity contribution in [1.82, 2.24) is 15.5 Å². The standard InChI is InChI=1S/C10H15N3O5/c14-6-2-7(9(16)17)13(4-6)10(18)12-5-1-8(15)11-3-5/h5-7,14H,1-4H2,(H,11,15)(H,12,18)(H,16,17)/t5?,6-,7+/m1/s1. The van der Waals surface area contributed by atoms with E-state index in [2.05, 4.69) is 10.6 Å². The molecule has 0 aliphatic carbocycles. The molecule has 2 saturated heterocycles. The number of aliphatic hydroxyl groups excluding tert-OH is 1. The number of rotatable bonds is 2. The molecule has 1 unspecified atom stereocenters. The number of β-amino-alcohol motifs (C(OH)–C–C–N with tert-alkyl or cyclic N) is 1. The first-order chi connectivity index (χ1) is 8.47. The van der Waals surface area contributed by atoms with E-state index in [1.54, 1.807) is 0 Å². The number of hydrogen-bond donors (Lipinski definition) is 4. The van der Waals surface area contributed by atoms with E-state index in [0.717, 1.165) is 4.90 Å². The molecule has 3 amide bonds. The van der Waals surface area contributed by atoms with Gasteiger partial charge in [-0.05, 0) is 0 Å². The maximum Gasteiger partial charge on any atom is 0.326 e. The second-order valence-corrected chi connectivity index (χ2v) is 4.55. The van der Waals surface area contributed by atoms with E-state index in [1.165, 1.54) is 0 Å². The number of likely N-dealkylation sites (tertiary alicyclic amines) is 1. The molecular formula is C10H15N3O5. The number of aliphatic carboxylic acids is 1. The van der Waals surface area contributed by atoms with Crippen LogP contribution in [0.1, 0.15) is 12.8 Å². The molecule has 2 aliphatic heterocycles. The summed E-state index contributed by atoms with van der Waals surface area (Å²) in [5.41, 5.74) is 0. The maximum absolute atomic E-state index is 11.9. The summed E-state index contributed by atoms with van der Waals surface area (Å²) < 4.78 is 0. The van der Waals surface area contributed by atoms with Gasteiger partial charge in [0, 0.05) is 25.9 Å². The van der Waals surface area contributed by atoms with Gasteiger partial charge < -0.3 is 25.7 Å². The molecule has 2 heterocycles. The van der Waals surface area contributed by atoms with Crippen LogP contribution in [0.5, 0.6) is 0 Å². The van der Waals surface area contributed by atoms with Gasteiger partial charge in [-0.15, -0.1) is 0 Å². The van der Waals surface area contributed by atoms with Crippen LogP contribution in [0.3, 0.4) is 0 Å². The molecule has 0 saturated carbocycles. The molecular weight excluding hydrogens is 242 g/mol. The van der Waals surface area contributed by atoms with Gasteiger partial charge in [0.25, 0.3) is 0 Å². The van der Waals surface area contributed by atoms with Gasteiger partial charge in [-0.1, -0.05) is 0 Å². The van der Waals surface area contributed by atoms with Crippen molar-refractivity contribution in [3.63, 3.8) is 0 Å². The smallest absolute Gasteiger partial charge is 0.326 e. The summed E-state index contributed by atoms with van der Waals surface area (Å²) in [6, 6.07) is -1.89. The average molecular weight is 257 g/mol. The Kier molecular flexibility index (Phi) is 3.37. The molecule has 8 nitrogen and oxygen atoms in total. The third kappa shape index (κ3) is 2.53. The zero-order valence-electron chi connectivity index (χ0n) is 9.63. The fourth-order valence-electron chi connectivity index (χ4n) is 2.24. The molecule has 0 aromatic rings. The molecule has 0 radical (unpaired) electrons. The molecule has 2 rings (SSSR count). The van der Waals surface area contributed by atoms with Crippen LogP contribution in [0.15, 0.2) is 0 Å². The first kappa shape index (κ1) is 12.6. The number of nitrogens with one attached hydrogen (secondary N) is 2. The molecule has 100 valence electrons. The summed E-state index contributed by atoms with van der Waals surface area (Å²) in [5, 5.41) is 23.5. The molecule has 4 N–H and O–H groups in total. The van der Waals surface area contributed by atoms with Gasteiger partial charge in [0.05, 0.1) is 12.1 Å². The molecule has 0 aromatic carbocycles. The molecule has 0 spiro atoms. The second kappa shape index (κ2) is 4.81. The lowest BCUT2D eigenvalue weighted by Crippen LogP contribution is -2.49. The molecule has 0 bridgehead atoms. The van der Waals surface area contributed by atoms with Crippen molar-refractivity contribution in [2.45, 2.75) is 31.0 Å². The van der Waals surface area contributed by atoms with Crippen molar-refractivity contribution < 1.29 is 24.6 Å². The minimum absolute atomic E-state index is 0.00308. The van der Waals surface area contributed by atoms with Gasteiger partial charge in [0.15, 0.2) is 0 Å². The van der Waals surface area contributed by atoms with Gasteiger partial charge >= 0.3 is 12.0 Å².